The van der Waals surface area contributed by atoms with E-state index in [1.807, 2.05) is 148 Å². The highest BCUT2D eigenvalue weighted by Crippen LogP contribution is 2.41. The SMILES string of the molecule is CN(C)[C@H]1CC(c2cccc(-c3ccnn3C)c2)=CC[C@@H]1NC(=O)OC(C)(C)C.CN(C)[C@H]1CC(c2cccc(-c3ccnn3C)c2)=CC[C@@H]1NC(=O)OC(C)(C)C.CN(C)[C@H]1CC(c2cccc(Br)c2)=CC[C@@H]1NC(=O)OC(C)(C)C.CN(C)[C@H]1C[C@@H](c2cccc(-c3ccnn3C)c2)CC[C@@H]1Nc1cc(F)c(S(=O)(=O)Nc2ccncn2)cc1Cl.Cn1nccc1B(O)O. The summed E-state index contributed by atoms with van der Waals surface area (Å²) in [5.41, 5.74) is 14.8. The van der Waals surface area contributed by atoms with Crippen LogP contribution in [0.5, 0.6) is 0 Å². The fourth-order valence-electron chi connectivity index (χ4n) is 16.6. The van der Waals surface area contributed by atoms with Crippen LogP contribution in [0, 0.1) is 5.82 Å². The van der Waals surface area contributed by atoms with Crippen molar-refractivity contribution in [2.24, 2.45) is 28.2 Å². The predicted molar refractivity (Wildman–Crippen MR) is 522 cm³/mol. The molecule has 0 radical (unpaired) electrons. The molecule has 5 aromatic heterocycles. The van der Waals surface area contributed by atoms with Crippen molar-refractivity contribution in [3.8, 4) is 33.8 Å². The lowest BCUT2D eigenvalue weighted by atomic mass is 9.77. The first-order chi connectivity index (χ1) is 61.8. The molecule has 34 heteroatoms. The quantitative estimate of drug-likeness (QED) is 0.0275. The van der Waals surface area contributed by atoms with Gasteiger partial charge in [-0.05, 0) is 294 Å². The molecule has 9 atom stereocenters. The van der Waals surface area contributed by atoms with E-state index in [0.29, 0.717) is 17.2 Å². The van der Waals surface area contributed by atoms with Crippen LogP contribution >= 0.6 is 27.5 Å². The second kappa shape index (κ2) is 45.5. The van der Waals surface area contributed by atoms with Gasteiger partial charge in [-0.2, -0.15) is 20.4 Å². The Labute approximate surface area is 785 Å². The average Bonchev–Trinajstić information content (AvgIpc) is 1.79. The van der Waals surface area contributed by atoms with Crippen molar-refractivity contribution in [1.82, 2.24) is 84.6 Å². The van der Waals surface area contributed by atoms with Gasteiger partial charge in [0, 0.05) is 111 Å². The number of aryl methyl sites for hydroxylation is 4. The summed E-state index contributed by atoms with van der Waals surface area (Å²) >= 11 is 10.0. The number of aromatic nitrogens is 10. The Balaban J connectivity index is 0.000000178. The number of carbonyl (C=O) groups excluding carboxylic acids is 3. The fourth-order valence-corrected chi connectivity index (χ4v) is 18.4. The molecule has 10 aromatic rings. The fraction of sp³-hybridized carbons (Fsp3) is 0.433. The third kappa shape index (κ3) is 29.6. The minimum absolute atomic E-state index is 0.00925. The Morgan fingerprint density at radius 1 is 0.496 bits per heavy atom. The van der Waals surface area contributed by atoms with Crippen LogP contribution in [0.4, 0.5) is 30.3 Å². The Hall–Kier alpha value is -10.9. The first-order valence-corrected chi connectivity index (χ1v) is 46.5. The number of benzene rings is 5. The largest absolute Gasteiger partial charge is 0.507 e. The van der Waals surface area contributed by atoms with Crippen LogP contribution in [0.3, 0.4) is 0 Å². The summed E-state index contributed by atoms with van der Waals surface area (Å²) in [6.45, 7) is 16.9. The van der Waals surface area contributed by atoms with E-state index in [2.05, 4.69) is 243 Å². The summed E-state index contributed by atoms with van der Waals surface area (Å²) in [7, 11) is 18.2. The van der Waals surface area contributed by atoms with Gasteiger partial charge >= 0.3 is 25.4 Å². The smallest absolute Gasteiger partial charge is 0.444 e. The molecular formula is C97H129BBrClFN19O10S. The van der Waals surface area contributed by atoms with Gasteiger partial charge in [0.05, 0.1) is 51.5 Å². The summed E-state index contributed by atoms with van der Waals surface area (Å²) < 4.78 is 67.4. The Morgan fingerprint density at radius 2 is 0.893 bits per heavy atom. The molecule has 5 aromatic carbocycles. The van der Waals surface area contributed by atoms with Crippen molar-refractivity contribution in [3.63, 3.8) is 0 Å². The van der Waals surface area contributed by atoms with Gasteiger partial charge in [-0.3, -0.25) is 23.4 Å². The number of hydrogen-bond donors (Lipinski definition) is 7. The van der Waals surface area contributed by atoms with Gasteiger partial charge in [0.2, 0.25) is 0 Å². The van der Waals surface area contributed by atoms with Crippen molar-refractivity contribution in [2.45, 2.75) is 196 Å². The lowest BCUT2D eigenvalue weighted by molar-refractivity contribution is 0.0462. The Morgan fingerprint density at radius 3 is 1.26 bits per heavy atom. The summed E-state index contributed by atoms with van der Waals surface area (Å²) in [5.74, 6) is -0.522. The van der Waals surface area contributed by atoms with Gasteiger partial charge in [-0.1, -0.05) is 112 Å². The van der Waals surface area contributed by atoms with Gasteiger partial charge in [-0.15, -0.1) is 0 Å². The lowest BCUT2D eigenvalue weighted by Crippen LogP contribution is -2.51. The molecule has 131 heavy (non-hydrogen) atoms. The van der Waals surface area contributed by atoms with Crippen LogP contribution in [-0.2, 0) is 52.4 Å². The van der Waals surface area contributed by atoms with E-state index in [-0.39, 0.29) is 77.5 Å². The molecule has 1 saturated carbocycles. The number of likely N-dealkylation sites (N-methyl/N-ethyl adjacent to an activating group) is 4. The van der Waals surface area contributed by atoms with Crippen LogP contribution in [0.1, 0.15) is 148 Å². The van der Waals surface area contributed by atoms with Gasteiger partial charge < -0.3 is 65.1 Å². The number of carbonyl (C=O) groups is 3. The molecule has 14 rings (SSSR count). The molecule has 0 aliphatic heterocycles. The molecule has 1 fully saturated rings. The summed E-state index contributed by atoms with van der Waals surface area (Å²) in [5, 5.41) is 46.4. The number of halogens is 3. The molecule has 0 unspecified atom stereocenters. The van der Waals surface area contributed by atoms with Gasteiger partial charge in [0.25, 0.3) is 10.0 Å². The van der Waals surface area contributed by atoms with Gasteiger partial charge in [0.1, 0.15) is 39.7 Å². The summed E-state index contributed by atoms with van der Waals surface area (Å²) in [6.07, 6.45) is 22.8. The van der Waals surface area contributed by atoms with Crippen molar-refractivity contribution < 1.29 is 51.5 Å². The highest BCUT2D eigenvalue weighted by atomic mass is 79.9. The van der Waals surface area contributed by atoms with E-state index in [4.69, 9.17) is 35.9 Å². The standard InChI is InChI=1S/C28H31ClFN7O2S.2C23H32N4O2.C19H27BrN2O2.C4H7BN2O2/c1-36(2)26-14-19(18-5-4-6-20(13-18)25-9-12-33-37(25)3)7-8-23(26)34-24-16-22(30)27(15-21(24)29)40(38,39)35-28-10-11-31-17-32-28;2*1-23(2,3)29-22(28)25-19-11-10-17(15-21(19)26(4)5)16-8-7-9-18(14-16)20-12-13-24-27(20)6;1-19(2,3)24-18(23)21-16-10-9-14(12-17(16)22(4)5)13-7-6-8-15(20)11-13;1-7-4(5(8)9)2-3-6-7/h4-6,9-13,15-17,19,23,26,34H,7-8,14H2,1-3H3,(H,31,32,35);2*7-10,12-14,19,21H,11,15H2,1-6H3,(H,25,28);6-9,11,16-17H,10,12H2,1-5H3,(H,21,23);2-3,8-9H,1H3/t19-,23-,26-;2*19-,21-;16-,17-;/m0000./s1. The van der Waals surface area contributed by atoms with Crippen LogP contribution in [0.2, 0.25) is 5.02 Å². The minimum atomic E-state index is -4.24. The summed E-state index contributed by atoms with van der Waals surface area (Å²) in [6, 6.07) is 46.2. The molecular weight excluding hydrogens is 1770 g/mol. The van der Waals surface area contributed by atoms with Crippen LogP contribution in [-0.4, -0.2) is 234 Å². The highest BCUT2D eigenvalue weighted by molar-refractivity contribution is 9.10. The normalized spacial score (nSPS) is 19.3. The van der Waals surface area contributed by atoms with Crippen molar-refractivity contribution in [2.75, 3.05) is 66.4 Å². The van der Waals surface area contributed by atoms with Gasteiger partial charge in [0.15, 0.2) is 0 Å². The Bertz CT molecular complexity index is 5550. The van der Waals surface area contributed by atoms with E-state index in [1.54, 1.807) is 19.3 Å². The topological polar surface area (TPSA) is 324 Å². The number of sulfonamides is 1. The van der Waals surface area contributed by atoms with Crippen LogP contribution in [0.25, 0.3) is 50.5 Å². The van der Waals surface area contributed by atoms with E-state index >= 15 is 4.39 Å². The molecule has 0 spiro atoms. The first-order valence-electron chi connectivity index (χ1n) is 43.9. The van der Waals surface area contributed by atoms with Crippen LogP contribution in [0.15, 0.2) is 204 Å². The number of nitrogens with one attached hydrogen (secondary N) is 5. The van der Waals surface area contributed by atoms with Crippen molar-refractivity contribution in [1.29, 1.82) is 0 Å². The van der Waals surface area contributed by atoms with E-state index < -0.39 is 44.7 Å². The third-order valence-corrected chi connectivity index (χ3v) is 25.3. The predicted octanol–water partition coefficient (Wildman–Crippen LogP) is 15.9. The molecule has 4 aliphatic carbocycles. The first kappa shape index (κ1) is 102. The average molecular weight is 1900 g/mol. The molecule has 29 nitrogen and oxygen atoms in total. The second-order valence-corrected chi connectivity index (χ2v) is 40.2. The molecule has 3 amide bonds. The van der Waals surface area contributed by atoms with E-state index in [1.165, 1.54) is 68.4 Å². The number of anilines is 2. The van der Waals surface area contributed by atoms with Gasteiger partial charge in [-0.25, -0.2) is 37.2 Å². The molecule has 7 N–H and O–H groups in total. The molecule has 5 heterocycles. The van der Waals surface area contributed by atoms with Crippen molar-refractivity contribution >= 4 is 96.8 Å². The highest BCUT2D eigenvalue weighted by Gasteiger charge is 2.37. The number of alkyl carbamates (subject to hydrolysis) is 3. The van der Waals surface area contributed by atoms with Crippen molar-refractivity contribution in [3.05, 3.63) is 233 Å². The zero-order chi connectivity index (χ0) is 95.6. The van der Waals surface area contributed by atoms with E-state index in [9.17, 15) is 22.8 Å². The van der Waals surface area contributed by atoms with E-state index in [0.717, 1.165) is 108 Å². The molecule has 0 saturated heterocycles. The number of nitrogens with zero attached hydrogens (tertiary/aromatic N) is 14. The molecule has 702 valence electrons. The maximum atomic E-state index is 15.1. The zero-order valence-corrected chi connectivity index (χ0v) is 82.2. The maximum absolute atomic E-state index is 15.1. The number of hydrogen-bond acceptors (Lipinski definition) is 21. The van der Waals surface area contributed by atoms with Crippen LogP contribution < -0.4 is 31.6 Å². The number of amides is 3. The number of rotatable bonds is 20. The second-order valence-electron chi connectivity index (χ2n) is 37.2. The third-order valence-electron chi connectivity index (χ3n) is 23.1. The lowest BCUT2D eigenvalue weighted by Gasteiger charge is -2.41. The maximum Gasteiger partial charge on any atom is 0.507 e. The molecule has 4 aliphatic rings. The number of ether oxygens (including phenoxy) is 3. The summed E-state index contributed by atoms with van der Waals surface area (Å²) in [4.78, 5) is 52.4. The Kier molecular flexibility index (Phi) is 35.5. The zero-order valence-electron chi connectivity index (χ0n) is 79.1. The minimum Gasteiger partial charge on any atom is -0.444 e. The molecule has 0 bridgehead atoms. The monoisotopic (exact) mass is 1900 g/mol.